The Bertz CT molecular complexity index is 514. The zero-order chi connectivity index (χ0) is 16.7. The van der Waals surface area contributed by atoms with Crippen LogP contribution in [-0.2, 0) is 4.79 Å². The number of likely N-dealkylation sites (tertiary alicyclic amines) is 1. The molecule has 1 N–H and O–H groups in total. The lowest BCUT2D eigenvalue weighted by Gasteiger charge is -2.32. The molecule has 136 valence electrons. The van der Waals surface area contributed by atoms with E-state index in [0.29, 0.717) is 13.0 Å². The molecule has 5 heteroatoms. The number of aryl methyl sites for hydroxylation is 2. The molecule has 1 aromatic carbocycles. The Kier molecular flexibility index (Phi) is 9.16. The molecule has 0 saturated carbocycles. The van der Waals surface area contributed by atoms with Gasteiger partial charge < -0.3 is 15.0 Å². The van der Waals surface area contributed by atoms with Crippen molar-refractivity contribution in [3.8, 4) is 5.75 Å². The summed E-state index contributed by atoms with van der Waals surface area (Å²) in [6.45, 7) is 7.49. The van der Waals surface area contributed by atoms with Gasteiger partial charge in [0.15, 0.2) is 0 Å². The molecule has 0 atom stereocenters. The van der Waals surface area contributed by atoms with Crippen molar-refractivity contribution >= 4 is 18.3 Å². The van der Waals surface area contributed by atoms with E-state index in [4.69, 9.17) is 4.74 Å². The van der Waals surface area contributed by atoms with Crippen molar-refractivity contribution < 1.29 is 9.53 Å². The Morgan fingerprint density at radius 1 is 1.25 bits per heavy atom. The lowest BCUT2D eigenvalue weighted by atomic mass is 9.93. The number of nitrogens with zero attached hydrogens (tertiary/aromatic N) is 1. The number of nitrogens with one attached hydrogen (secondary N) is 1. The monoisotopic (exact) mass is 354 g/mol. The van der Waals surface area contributed by atoms with E-state index in [9.17, 15) is 4.79 Å². The molecule has 1 aliphatic rings. The first-order chi connectivity index (χ1) is 11.1. The second-order valence-corrected chi connectivity index (χ2v) is 6.56. The fourth-order valence-electron chi connectivity index (χ4n) is 3.04. The van der Waals surface area contributed by atoms with Gasteiger partial charge in [-0.25, -0.2) is 0 Å². The van der Waals surface area contributed by atoms with Crippen molar-refractivity contribution in [3.63, 3.8) is 0 Å². The SMILES string of the molecule is CNCCC1CCN(C(=O)CCOc2ccc(C)c(C)c2)CC1.Cl. The van der Waals surface area contributed by atoms with Crippen LogP contribution in [0.25, 0.3) is 0 Å². The molecule has 1 fully saturated rings. The van der Waals surface area contributed by atoms with E-state index in [1.807, 2.05) is 24.1 Å². The average Bonchev–Trinajstić information content (AvgIpc) is 2.56. The van der Waals surface area contributed by atoms with Crippen molar-refractivity contribution in [1.82, 2.24) is 10.2 Å². The molecule has 1 aliphatic heterocycles. The van der Waals surface area contributed by atoms with E-state index in [0.717, 1.165) is 44.1 Å². The van der Waals surface area contributed by atoms with Gasteiger partial charge in [-0.15, -0.1) is 12.4 Å². The highest BCUT2D eigenvalue weighted by Crippen LogP contribution is 2.21. The van der Waals surface area contributed by atoms with Gasteiger partial charge in [0.25, 0.3) is 0 Å². The van der Waals surface area contributed by atoms with Crippen LogP contribution in [-0.4, -0.2) is 44.1 Å². The molecule has 0 radical (unpaired) electrons. The summed E-state index contributed by atoms with van der Waals surface area (Å²) in [4.78, 5) is 14.3. The minimum Gasteiger partial charge on any atom is -0.493 e. The number of benzene rings is 1. The van der Waals surface area contributed by atoms with Gasteiger partial charge in [-0.05, 0) is 75.9 Å². The zero-order valence-electron chi connectivity index (χ0n) is 15.1. The largest absolute Gasteiger partial charge is 0.493 e. The minimum absolute atomic E-state index is 0. The molecule has 1 heterocycles. The molecule has 24 heavy (non-hydrogen) atoms. The first-order valence-corrected chi connectivity index (χ1v) is 8.72. The van der Waals surface area contributed by atoms with E-state index < -0.39 is 0 Å². The van der Waals surface area contributed by atoms with Crippen LogP contribution >= 0.6 is 12.4 Å². The number of halogens is 1. The molecule has 0 aliphatic carbocycles. The predicted octanol–water partition coefficient (Wildman–Crippen LogP) is 3.34. The summed E-state index contributed by atoms with van der Waals surface area (Å²) >= 11 is 0. The number of ether oxygens (including phenoxy) is 1. The Labute approximate surface area is 152 Å². The first-order valence-electron chi connectivity index (χ1n) is 8.72. The topological polar surface area (TPSA) is 41.6 Å². The summed E-state index contributed by atoms with van der Waals surface area (Å²) in [5, 5.41) is 3.20. The van der Waals surface area contributed by atoms with Gasteiger partial charge in [0.1, 0.15) is 5.75 Å². The number of hydrogen-bond donors (Lipinski definition) is 1. The van der Waals surface area contributed by atoms with Crippen molar-refractivity contribution in [3.05, 3.63) is 29.3 Å². The summed E-state index contributed by atoms with van der Waals surface area (Å²) in [5.74, 6) is 1.84. The standard InChI is InChI=1S/C19H30N2O2.ClH/c1-15-4-5-18(14-16(15)2)23-13-9-19(22)21-11-7-17(8-12-21)6-10-20-3;/h4-5,14,17,20H,6-13H2,1-3H3;1H. The van der Waals surface area contributed by atoms with Gasteiger partial charge in [-0.3, -0.25) is 4.79 Å². The second kappa shape index (κ2) is 10.6. The summed E-state index contributed by atoms with van der Waals surface area (Å²) in [5.41, 5.74) is 2.48. The van der Waals surface area contributed by atoms with Crippen LogP contribution in [0, 0.1) is 19.8 Å². The highest BCUT2D eigenvalue weighted by molar-refractivity contribution is 5.85. The van der Waals surface area contributed by atoms with Crippen molar-refractivity contribution in [2.24, 2.45) is 5.92 Å². The molecule has 0 unspecified atom stereocenters. The zero-order valence-corrected chi connectivity index (χ0v) is 16.0. The summed E-state index contributed by atoms with van der Waals surface area (Å²) in [6, 6.07) is 6.07. The number of piperidine rings is 1. The smallest absolute Gasteiger partial charge is 0.225 e. The third-order valence-electron chi connectivity index (χ3n) is 4.83. The molecule has 1 amide bonds. The number of amides is 1. The van der Waals surface area contributed by atoms with E-state index in [-0.39, 0.29) is 18.3 Å². The van der Waals surface area contributed by atoms with Gasteiger partial charge in [0, 0.05) is 13.1 Å². The van der Waals surface area contributed by atoms with Gasteiger partial charge >= 0.3 is 0 Å². The quantitative estimate of drug-likeness (QED) is 0.816. The van der Waals surface area contributed by atoms with E-state index in [2.05, 4.69) is 25.2 Å². The lowest BCUT2D eigenvalue weighted by molar-refractivity contribution is -0.133. The van der Waals surface area contributed by atoms with Gasteiger partial charge in [0.2, 0.25) is 5.91 Å². The number of carbonyl (C=O) groups is 1. The summed E-state index contributed by atoms with van der Waals surface area (Å²) in [7, 11) is 1.99. The maximum absolute atomic E-state index is 12.3. The molecule has 0 spiro atoms. The number of rotatable bonds is 7. The fraction of sp³-hybridized carbons (Fsp3) is 0.632. The lowest BCUT2D eigenvalue weighted by Crippen LogP contribution is -2.39. The maximum Gasteiger partial charge on any atom is 0.225 e. The predicted molar refractivity (Wildman–Crippen MR) is 101 cm³/mol. The van der Waals surface area contributed by atoms with Crippen LogP contribution < -0.4 is 10.1 Å². The Balaban J connectivity index is 0.00000288. The van der Waals surface area contributed by atoms with Crippen LogP contribution in [0.1, 0.15) is 36.8 Å². The summed E-state index contributed by atoms with van der Waals surface area (Å²) in [6.07, 6.45) is 3.94. The van der Waals surface area contributed by atoms with Crippen LogP contribution in [0.15, 0.2) is 18.2 Å². The molecule has 4 nitrogen and oxygen atoms in total. The molecule has 2 rings (SSSR count). The minimum atomic E-state index is 0. The maximum atomic E-state index is 12.3. The van der Waals surface area contributed by atoms with Crippen LogP contribution in [0.4, 0.5) is 0 Å². The van der Waals surface area contributed by atoms with Crippen molar-refractivity contribution in [1.29, 1.82) is 0 Å². The van der Waals surface area contributed by atoms with Gasteiger partial charge in [0.05, 0.1) is 13.0 Å². The Morgan fingerprint density at radius 2 is 1.96 bits per heavy atom. The van der Waals surface area contributed by atoms with E-state index in [1.165, 1.54) is 17.5 Å². The van der Waals surface area contributed by atoms with E-state index in [1.54, 1.807) is 0 Å². The van der Waals surface area contributed by atoms with Crippen LogP contribution in [0.2, 0.25) is 0 Å². The fourth-order valence-corrected chi connectivity index (χ4v) is 3.04. The van der Waals surface area contributed by atoms with Gasteiger partial charge in [-0.2, -0.15) is 0 Å². The highest BCUT2D eigenvalue weighted by atomic mass is 35.5. The molecule has 1 saturated heterocycles. The second-order valence-electron chi connectivity index (χ2n) is 6.56. The third-order valence-corrected chi connectivity index (χ3v) is 4.83. The molecule has 1 aromatic rings. The Morgan fingerprint density at radius 3 is 2.58 bits per heavy atom. The third kappa shape index (κ3) is 6.33. The first kappa shape index (κ1) is 20.8. The summed E-state index contributed by atoms with van der Waals surface area (Å²) < 4.78 is 5.72. The molecule has 0 bridgehead atoms. The number of hydrogen-bond acceptors (Lipinski definition) is 3. The van der Waals surface area contributed by atoms with E-state index >= 15 is 0 Å². The highest BCUT2D eigenvalue weighted by Gasteiger charge is 2.22. The molecular weight excluding hydrogens is 324 g/mol. The van der Waals surface area contributed by atoms with Crippen LogP contribution in [0.3, 0.4) is 0 Å². The van der Waals surface area contributed by atoms with Crippen molar-refractivity contribution in [2.45, 2.75) is 39.5 Å². The Hall–Kier alpha value is -1.26. The van der Waals surface area contributed by atoms with Crippen molar-refractivity contribution in [2.75, 3.05) is 33.3 Å². The van der Waals surface area contributed by atoms with Gasteiger partial charge in [-0.1, -0.05) is 6.07 Å². The number of carbonyl (C=O) groups excluding carboxylic acids is 1. The van der Waals surface area contributed by atoms with Crippen LogP contribution in [0.5, 0.6) is 5.75 Å². The molecular formula is C19H31ClN2O2. The normalized spacial score (nSPS) is 15.0. The average molecular weight is 355 g/mol. The molecule has 0 aromatic heterocycles.